The zero-order valence-corrected chi connectivity index (χ0v) is 10.6. The fraction of sp³-hybridized carbons (Fsp3) is 0.727. The Bertz CT molecular complexity index is 402. The summed E-state index contributed by atoms with van der Waals surface area (Å²) in [6.45, 7) is 3.64. The fourth-order valence-corrected chi connectivity index (χ4v) is 2.22. The molecule has 0 bridgehead atoms. The smallest absolute Gasteiger partial charge is 0.293 e. The number of likely N-dealkylation sites (N-methyl/N-ethyl adjacent to an activating group) is 2. The number of aromatic amines is 1. The standard InChI is InChI=1S/C11H19N5O/c1-8-12-10(14-13-8)11(17)16(3)7-9-5-4-6-15(9)2/h9H,4-7H2,1-3H3,(H,12,13,14). The Morgan fingerprint density at radius 1 is 1.65 bits per heavy atom. The van der Waals surface area contributed by atoms with Crippen LogP contribution in [0.4, 0.5) is 0 Å². The minimum atomic E-state index is -0.116. The first kappa shape index (κ1) is 12.0. The highest BCUT2D eigenvalue weighted by molar-refractivity contribution is 5.90. The van der Waals surface area contributed by atoms with Crippen LogP contribution in [0.3, 0.4) is 0 Å². The van der Waals surface area contributed by atoms with Crippen LogP contribution in [0, 0.1) is 6.92 Å². The van der Waals surface area contributed by atoms with Crippen LogP contribution < -0.4 is 0 Å². The molecule has 1 aromatic heterocycles. The first-order valence-electron chi connectivity index (χ1n) is 5.92. The van der Waals surface area contributed by atoms with Crippen LogP contribution in [-0.4, -0.2) is 64.1 Å². The second-order valence-corrected chi connectivity index (χ2v) is 4.71. The van der Waals surface area contributed by atoms with E-state index in [0.29, 0.717) is 11.9 Å². The predicted molar refractivity (Wildman–Crippen MR) is 63.7 cm³/mol. The normalized spacial score (nSPS) is 20.8. The Labute approximate surface area is 101 Å². The van der Waals surface area contributed by atoms with Crippen molar-refractivity contribution in [2.24, 2.45) is 0 Å². The largest absolute Gasteiger partial charge is 0.337 e. The minimum absolute atomic E-state index is 0.116. The summed E-state index contributed by atoms with van der Waals surface area (Å²) >= 11 is 0. The fourth-order valence-electron chi connectivity index (χ4n) is 2.22. The van der Waals surface area contributed by atoms with Crippen molar-refractivity contribution in [1.29, 1.82) is 0 Å². The molecule has 0 aromatic carbocycles. The van der Waals surface area contributed by atoms with Crippen LogP contribution in [0.15, 0.2) is 0 Å². The number of aromatic nitrogens is 3. The van der Waals surface area contributed by atoms with Crippen LogP contribution in [0.1, 0.15) is 29.3 Å². The molecule has 1 aliphatic rings. The Hall–Kier alpha value is -1.43. The van der Waals surface area contributed by atoms with E-state index in [0.717, 1.165) is 19.5 Å². The summed E-state index contributed by atoms with van der Waals surface area (Å²) in [5.41, 5.74) is 0. The van der Waals surface area contributed by atoms with Crippen LogP contribution in [0.25, 0.3) is 0 Å². The van der Waals surface area contributed by atoms with Gasteiger partial charge < -0.3 is 9.80 Å². The van der Waals surface area contributed by atoms with Crippen molar-refractivity contribution < 1.29 is 4.79 Å². The van der Waals surface area contributed by atoms with Crippen LogP contribution in [0.2, 0.25) is 0 Å². The molecule has 2 heterocycles. The van der Waals surface area contributed by atoms with Crippen molar-refractivity contribution in [2.45, 2.75) is 25.8 Å². The third-order valence-electron chi connectivity index (χ3n) is 3.29. The monoisotopic (exact) mass is 237 g/mol. The summed E-state index contributed by atoms with van der Waals surface area (Å²) in [6, 6.07) is 0.462. The van der Waals surface area contributed by atoms with E-state index in [2.05, 4.69) is 27.1 Å². The number of carbonyl (C=O) groups is 1. The molecule has 94 valence electrons. The van der Waals surface area contributed by atoms with Crippen LogP contribution in [-0.2, 0) is 0 Å². The SMILES string of the molecule is Cc1nc(C(=O)N(C)CC2CCCN2C)n[nH]1. The van der Waals surface area contributed by atoms with E-state index >= 15 is 0 Å². The molecular weight excluding hydrogens is 218 g/mol. The molecule has 0 radical (unpaired) electrons. The summed E-state index contributed by atoms with van der Waals surface area (Å²) in [5, 5.41) is 6.58. The minimum Gasteiger partial charge on any atom is -0.337 e. The van der Waals surface area contributed by atoms with Gasteiger partial charge in [-0.3, -0.25) is 9.89 Å². The first-order valence-corrected chi connectivity index (χ1v) is 5.92. The molecule has 0 spiro atoms. The van der Waals surface area contributed by atoms with E-state index in [9.17, 15) is 4.79 Å². The number of aryl methyl sites for hydroxylation is 1. The number of rotatable bonds is 3. The molecule has 2 rings (SSSR count). The number of nitrogens with one attached hydrogen (secondary N) is 1. The van der Waals surface area contributed by atoms with E-state index in [4.69, 9.17) is 0 Å². The molecule has 0 saturated carbocycles. The van der Waals surface area contributed by atoms with Gasteiger partial charge in [0.1, 0.15) is 5.82 Å². The summed E-state index contributed by atoms with van der Waals surface area (Å²) in [5.74, 6) is 0.806. The summed E-state index contributed by atoms with van der Waals surface area (Å²) < 4.78 is 0. The molecule has 1 aliphatic heterocycles. The number of hydrogen-bond acceptors (Lipinski definition) is 4. The Morgan fingerprint density at radius 2 is 2.41 bits per heavy atom. The number of H-pyrrole nitrogens is 1. The van der Waals surface area contributed by atoms with Gasteiger partial charge in [-0.2, -0.15) is 0 Å². The van der Waals surface area contributed by atoms with Gasteiger partial charge in [0, 0.05) is 19.6 Å². The van der Waals surface area contributed by atoms with Gasteiger partial charge >= 0.3 is 0 Å². The third kappa shape index (κ3) is 2.63. The topological polar surface area (TPSA) is 65.1 Å². The molecule has 1 saturated heterocycles. The van der Waals surface area contributed by atoms with Crippen molar-refractivity contribution in [3.8, 4) is 0 Å². The highest BCUT2D eigenvalue weighted by Gasteiger charge is 2.25. The number of hydrogen-bond donors (Lipinski definition) is 1. The van der Waals surface area contributed by atoms with E-state index in [-0.39, 0.29) is 11.7 Å². The number of amides is 1. The van der Waals surface area contributed by atoms with E-state index in [1.807, 2.05) is 0 Å². The van der Waals surface area contributed by atoms with E-state index in [1.54, 1.807) is 18.9 Å². The van der Waals surface area contributed by atoms with E-state index < -0.39 is 0 Å². The van der Waals surface area contributed by atoms with Gasteiger partial charge in [-0.1, -0.05) is 0 Å². The van der Waals surface area contributed by atoms with Crippen molar-refractivity contribution in [3.63, 3.8) is 0 Å². The molecule has 6 nitrogen and oxygen atoms in total. The molecular formula is C11H19N5O. The van der Waals surface area contributed by atoms with Gasteiger partial charge in [0.05, 0.1) is 0 Å². The van der Waals surface area contributed by atoms with Gasteiger partial charge in [0.15, 0.2) is 0 Å². The van der Waals surface area contributed by atoms with Gasteiger partial charge in [0.2, 0.25) is 5.82 Å². The highest BCUT2D eigenvalue weighted by atomic mass is 16.2. The highest BCUT2D eigenvalue weighted by Crippen LogP contribution is 2.15. The molecule has 1 amide bonds. The maximum atomic E-state index is 12.0. The van der Waals surface area contributed by atoms with Gasteiger partial charge in [-0.05, 0) is 33.4 Å². The molecule has 1 unspecified atom stereocenters. The zero-order valence-electron chi connectivity index (χ0n) is 10.6. The lowest BCUT2D eigenvalue weighted by molar-refractivity contribution is 0.0750. The maximum absolute atomic E-state index is 12.0. The summed E-state index contributed by atoms with van der Waals surface area (Å²) in [4.78, 5) is 20.1. The molecule has 1 atom stereocenters. The lowest BCUT2D eigenvalue weighted by Crippen LogP contribution is -2.39. The number of nitrogens with zero attached hydrogens (tertiary/aromatic N) is 4. The maximum Gasteiger partial charge on any atom is 0.293 e. The lowest BCUT2D eigenvalue weighted by Gasteiger charge is -2.25. The van der Waals surface area contributed by atoms with Crippen LogP contribution in [0.5, 0.6) is 0 Å². The molecule has 1 fully saturated rings. The van der Waals surface area contributed by atoms with Crippen molar-refractivity contribution in [3.05, 3.63) is 11.6 Å². The molecule has 6 heteroatoms. The van der Waals surface area contributed by atoms with Crippen molar-refractivity contribution in [2.75, 3.05) is 27.2 Å². The van der Waals surface area contributed by atoms with Gasteiger partial charge in [-0.15, -0.1) is 5.10 Å². The first-order chi connectivity index (χ1) is 8.08. The average Bonchev–Trinajstić information content (AvgIpc) is 2.88. The van der Waals surface area contributed by atoms with E-state index in [1.165, 1.54) is 6.42 Å². The summed E-state index contributed by atoms with van der Waals surface area (Å²) in [6.07, 6.45) is 2.37. The van der Waals surface area contributed by atoms with Crippen molar-refractivity contribution >= 4 is 5.91 Å². The Kier molecular flexibility index (Phi) is 3.42. The summed E-state index contributed by atoms with van der Waals surface area (Å²) in [7, 11) is 3.91. The zero-order chi connectivity index (χ0) is 12.4. The quantitative estimate of drug-likeness (QED) is 0.820. The molecule has 0 aliphatic carbocycles. The third-order valence-corrected chi connectivity index (χ3v) is 3.29. The second kappa shape index (κ2) is 4.83. The Balaban J connectivity index is 1.95. The van der Waals surface area contributed by atoms with Crippen LogP contribution >= 0.6 is 0 Å². The molecule has 17 heavy (non-hydrogen) atoms. The Morgan fingerprint density at radius 3 is 2.94 bits per heavy atom. The lowest BCUT2D eigenvalue weighted by atomic mass is 10.2. The predicted octanol–water partition coefficient (Wildman–Crippen LogP) is 0.279. The number of likely N-dealkylation sites (tertiary alicyclic amines) is 1. The molecule has 1 N–H and O–H groups in total. The second-order valence-electron chi connectivity index (χ2n) is 4.71. The molecule has 1 aromatic rings. The van der Waals surface area contributed by atoms with Gasteiger partial charge in [0.25, 0.3) is 5.91 Å². The average molecular weight is 237 g/mol. The number of carbonyl (C=O) groups excluding carboxylic acids is 1. The van der Waals surface area contributed by atoms with Gasteiger partial charge in [-0.25, -0.2) is 4.98 Å². The van der Waals surface area contributed by atoms with Crippen molar-refractivity contribution in [1.82, 2.24) is 25.0 Å².